The van der Waals surface area contributed by atoms with E-state index in [9.17, 15) is 0 Å². The quantitative estimate of drug-likeness (QED) is 0.547. The normalized spacial score (nSPS) is 13.0. The number of hydrogen-bond acceptors (Lipinski definition) is 3. The van der Waals surface area contributed by atoms with E-state index < -0.39 is 0 Å². The van der Waals surface area contributed by atoms with Gasteiger partial charge >= 0.3 is 0 Å². The molecule has 0 aliphatic heterocycles. The number of likely N-dealkylation sites (N-methyl/N-ethyl adjacent to an activating group) is 1. The molecule has 0 aliphatic rings. The van der Waals surface area contributed by atoms with Crippen LogP contribution in [0.5, 0.6) is 0 Å². The van der Waals surface area contributed by atoms with Crippen LogP contribution in [-0.4, -0.2) is 44.8 Å². The van der Waals surface area contributed by atoms with Crippen molar-refractivity contribution in [3.8, 4) is 12.3 Å². The van der Waals surface area contributed by atoms with E-state index in [-0.39, 0.29) is 6.10 Å². The predicted molar refractivity (Wildman–Crippen MR) is 46.2 cm³/mol. The monoisotopic (exact) mass is 156 g/mol. The third-order valence-corrected chi connectivity index (χ3v) is 1.47. The molecule has 64 valence electrons. The number of nitrogens with two attached hydrogens (primary N) is 1. The predicted octanol–water partition coefficient (Wildman–Crippen LogP) is -0.475. The molecule has 0 radical (unpaired) electrons. The van der Waals surface area contributed by atoms with Crippen molar-refractivity contribution < 1.29 is 4.74 Å². The largest absolute Gasteiger partial charge is 0.379 e. The molecule has 3 nitrogen and oxygen atoms in total. The zero-order valence-corrected chi connectivity index (χ0v) is 7.21. The first kappa shape index (κ1) is 10.4. The number of terminal acetylenes is 1. The van der Waals surface area contributed by atoms with Gasteiger partial charge in [0.05, 0.1) is 12.6 Å². The van der Waals surface area contributed by atoms with Crippen molar-refractivity contribution in [2.45, 2.75) is 6.10 Å². The molecule has 11 heavy (non-hydrogen) atoms. The third kappa shape index (κ3) is 4.79. The molecule has 0 heterocycles. The summed E-state index contributed by atoms with van der Waals surface area (Å²) in [6.45, 7) is 1.96. The first-order valence-electron chi connectivity index (χ1n) is 3.59. The second-order valence-electron chi connectivity index (χ2n) is 2.49. The average Bonchev–Trinajstić information content (AvgIpc) is 2.01. The first-order chi connectivity index (χ1) is 5.24. The van der Waals surface area contributed by atoms with Crippen molar-refractivity contribution in [1.29, 1.82) is 0 Å². The van der Waals surface area contributed by atoms with Gasteiger partial charge in [-0.25, -0.2) is 0 Å². The van der Waals surface area contributed by atoms with Crippen molar-refractivity contribution >= 4 is 0 Å². The molecule has 0 aliphatic carbocycles. The highest BCUT2D eigenvalue weighted by atomic mass is 16.5. The van der Waals surface area contributed by atoms with Gasteiger partial charge in [0, 0.05) is 20.2 Å². The van der Waals surface area contributed by atoms with Crippen molar-refractivity contribution in [2.75, 3.05) is 33.8 Å². The summed E-state index contributed by atoms with van der Waals surface area (Å²) in [5, 5.41) is 0. The van der Waals surface area contributed by atoms with E-state index in [4.69, 9.17) is 16.9 Å². The van der Waals surface area contributed by atoms with Gasteiger partial charge < -0.3 is 10.5 Å². The highest BCUT2D eigenvalue weighted by Crippen LogP contribution is 1.90. The Labute approximate surface area is 68.5 Å². The summed E-state index contributed by atoms with van der Waals surface area (Å²) in [7, 11) is 3.60. The Morgan fingerprint density at radius 2 is 2.36 bits per heavy atom. The van der Waals surface area contributed by atoms with Crippen LogP contribution in [0, 0.1) is 12.3 Å². The van der Waals surface area contributed by atoms with Crippen LogP contribution in [0.3, 0.4) is 0 Å². The number of ether oxygens (including phenoxy) is 1. The molecular formula is C8H16N2O. The number of methoxy groups -OCH3 is 1. The molecule has 0 aromatic heterocycles. The van der Waals surface area contributed by atoms with E-state index in [0.717, 1.165) is 6.54 Å². The SMILES string of the molecule is C#CCN(C)CC(CN)OC. The minimum atomic E-state index is 0.0911. The fourth-order valence-corrected chi connectivity index (χ4v) is 0.813. The molecule has 2 N–H and O–H groups in total. The van der Waals surface area contributed by atoms with Gasteiger partial charge in [0.15, 0.2) is 0 Å². The van der Waals surface area contributed by atoms with Gasteiger partial charge in [-0.2, -0.15) is 0 Å². The summed E-state index contributed by atoms with van der Waals surface area (Å²) in [5.74, 6) is 2.55. The lowest BCUT2D eigenvalue weighted by Crippen LogP contribution is -2.35. The van der Waals surface area contributed by atoms with E-state index in [1.807, 2.05) is 11.9 Å². The summed E-state index contributed by atoms with van der Waals surface area (Å²) < 4.78 is 5.08. The van der Waals surface area contributed by atoms with Gasteiger partial charge in [0.25, 0.3) is 0 Å². The van der Waals surface area contributed by atoms with Crippen LogP contribution in [0.25, 0.3) is 0 Å². The molecular weight excluding hydrogens is 140 g/mol. The summed E-state index contributed by atoms with van der Waals surface area (Å²) in [6, 6.07) is 0. The van der Waals surface area contributed by atoms with Crippen LogP contribution < -0.4 is 5.73 Å². The highest BCUT2D eigenvalue weighted by Gasteiger charge is 2.06. The lowest BCUT2D eigenvalue weighted by atomic mass is 10.3. The van der Waals surface area contributed by atoms with Gasteiger partial charge in [0.2, 0.25) is 0 Å². The second kappa shape index (κ2) is 6.17. The van der Waals surface area contributed by atoms with E-state index in [0.29, 0.717) is 13.1 Å². The van der Waals surface area contributed by atoms with E-state index in [1.54, 1.807) is 7.11 Å². The molecule has 0 aromatic carbocycles. The minimum absolute atomic E-state index is 0.0911. The zero-order valence-electron chi connectivity index (χ0n) is 7.21. The van der Waals surface area contributed by atoms with Crippen LogP contribution in [0.4, 0.5) is 0 Å². The van der Waals surface area contributed by atoms with Crippen molar-refractivity contribution in [3.63, 3.8) is 0 Å². The molecule has 0 spiro atoms. The Bertz CT molecular complexity index is 127. The highest BCUT2D eigenvalue weighted by molar-refractivity contribution is 4.87. The maximum atomic E-state index is 5.42. The third-order valence-electron chi connectivity index (χ3n) is 1.47. The summed E-state index contributed by atoms with van der Waals surface area (Å²) in [4.78, 5) is 2.00. The Morgan fingerprint density at radius 1 is 1.73 bits per heavy atom. The molecule has 1 unspecified atom stereocenters. The molecule has 0 aromatic rings. The Balaban J connectivity index is 3.55. The average molecular weight is 156 g/mol. The van der Waals surface area contributed by atoms with Gasteiger partial charge in [-0.05, 0) is 7.05 Å². The maximum Gasteiger partial charge on any atom is 0.0820 e. The molecule has 0 amide bonds. The number of rotatable bonds is 5. The maximum absolute atomic E-state index is 5.42. The number of nitrogens with zero attached hydrogens (tertiary/aromatic N) is 1. The molecule has 0 rings (SSSR count). The van der Waals surface area contributed by atoms with Crippen molar-refractivity contribution in [1.82, 2.24) is 4.90 Å². The Hall–Kier alpha value is -0.560. The molecule has 0 saturated heterocycles. The fourth-order valence-electron chi connectivity index (χ4n) is 0.813. The van der Waals surface area contributed by atoms with Gasteiger partial charge in [-0.1, -0.05) is 5.92 Å². The molecule has 0 bridgehead atoms. The Morgan fingerprint density at radius 3 is 2.73 bits per heavy atom. The molecule has 0 fully saturated rings. The summed E-state index contributed by atoms with van der Waals surface area (Å²) in [5.41, 5.74) is 5.42. The van der Waals surface area contributed by atoms with Crippen molar-refractivity contribution in [2.24, 2.45) is 5.73 Å². The molecule has 3 heteroatoms. The van der Waals surface area contributed by atoms with Crippen LogP contribution >= 0.6 is 0 Å². The van der Waals surface area contributed by atoms with Gasteiger partial charge in [-0.3, -0.25) is 4.90 Å². The van der Waals surface area contributed by atoms with Gasteiger partial charge in [0.1, 0.15) is 0 Å². The minimum Gasteiger partial charge on any atom is -0.379 e. The lowest BCUT2D eigenvalue weighted by molar-refractivity contribution is 0.0818. The smallest absolute Gasteiger partial charge is 0.0820 e. The zero-order chi connectivity index (χ0) is 8.69. The lowest BCUT2D eigenvalue weighted by Gasteiger charge is -2.19. The van der Waals surface area contributed by atoms with E-state index in [1.165, 1.54) is 0 Å². The second-order valence-corrected chi connectivity index (χ2v) is 2.49. The fraction of sp³-hybridized carbons (Fsp3) is 0.750. The molecule has 0 saturated carbocycles. The number of hydrogen-bond donors (Lipinski definition) is 1. The van der Waals surface area contributed by atoms with Crippen LogP contribution in [0.1, 0.15) is 0 Å². The van der Waals surface area contributed by atoms with Crippen LogP contribution in [0.2, 0.25) is 0 Å². The van der Waals surface area contributed by atoms with Crippen LogP contribution in [0.15, 0.2) is 0 Å². The topological polar surface area (TPSA) is 38.5 Å². The van der Waals surface area contributed by atoms with E-state index in [2.05, 4.69) is 5.92 Å². The standard InChI is InChI=1S/C8H16N2O/c1-4-5-10(2)7-8(6-9)11-3/h1,8H,5-7,9H2,2-3H3. The van der Waals surface area contributed by atoms with E-state index >= 15 is 0 Å². The van der Waals surface area contributed by atoms with Crippen LogP contribution in [-0.2, 0) is 4.74 Å². The molecule has 1 atom stereocenters. The summed E-state index contributed by atoms with van der Waals surface area (Å²) >= 11 is 0. The summed E-state index contributed by atoms with van der Waals surface area (Å²) in [6.07, 6.45) is 5.22. The first-order valence-corrected chi connectivity index (χ1v) is 3.59. The van der Waals surface area contributed by atoms with Gasteiger partial charge in [-0.15, -0.1) is 6.42 Å². The van der Waals surface area contributed by atoms with Crippen molar-refractivity contribution in [3.05, 3.63) is 0 Å². The Kier molecular flexibility index (Phi) is 5.86.